The van der Waals surface area contributed by atoms with E-state index in [0.717, 1.165) is 23.5 Å². The molecule has 0 radical (unpaired) electrons. The first-order valence-electron chi connectivity index (χ1n) is 22.8. The summed E-state index contributed by atoms with van der Waals surface area (Å²) in [6.07, 6.45) is 0.783. The molecule has 32 nitrogen and oxygen atoms in total. The largest absolute Gasteiger partial charge is 0.505 e. The van der Waals surface area contributed by atoms with Crippen LogP contribution >= 0.6 is 47.0 Å². The van der Waals surface area contributed by atoms with Crippen LogP contribution < -0.4 is 9.64 Å². The van der Waals surface area contributed by atoms with Gasteiger partial charge in [0.25, 0.3) is 40.5 Å². The third-order valence-corrected chi connectivity index (χ3v) is 16.7. The van der Waals surface area contributed by atoms with Crippen LogP contribution in [0.5, 0.6) is 17.4 Å². The Morgan fingerprint density at radius 3 is 2.07 bits per heavy atom. The summed E-state index contributed by atoms with van der Waals surface area (Å²) in [5.41, 5.74) is -0.101. The number of methoxy groups -OCH3 is 1. The van der Waals surface area contributed by atoms with Gasteiger partial charge >= 0.3 is 0 Å². The van der Waals surface area contributed by atoms with Crippen molar-refractivity contribution in [3.8, 4) is 23.4 Å². The molecule has 5 aromatic carbocycles. The van der Waals surface area contributed by atoms with Gasteiger partial charge in [0.1, 0.15) is 49.9 Å². The van der Waals surface area contributed by atoms with Crippen LogP contribution in [0.25, 0.3) is 37.7 Å². The molecule has 0 aliphatic carbocycles. The number of fused-ring (bicyclic) bond motifs is 5. The van der Waals surface area contributed by atoms with Crippen LogP contribution in [0.15, 0.2) is 112 Å². The van der Waals surface area contributed by atoms with Crippen molar-refractivity contribution in [2.75, 3.05) is 42.9 Å². The zero-order valence-electron chi connectivity index (χ0n) is 42.6. The molecule has 40 heteroatoms. The molecule has 84 heavy (non-hydrogen) atoms. The molecule has 8 aromatic rings. The zero-order valence-corrected chi connectivity index (χ0v) is 49.1. The highest BCUT2D eigenvalue weighted by molar-refractivity contribution is 7.95. The zero-order chi connectivity index (χ0) is 61.5. The highest BCUT2D eigenvalue weighted by Gasteiger charge is 2.28. The summed E-state index contributed by atoms with van der Waals surface area (Å²) < 4.78 is 147. The van der Waals surface area contributed by atoms with E-state index in [2.05, 4.69) is 59.4 Å². The lowest BCUT2D eigenvalue weighted by atomic mass is 10.1. The Kier molecular flexibility index (Phi) is 20.8. The smallest absolute Gasteiger partial charge is 0.297 e. The molecular weight excluding hydrogens is 1280 g/mol. The molecule has 3 heterocycles. The number of thiazole rings is 1. The number of para-hydroxylation sites is 2. The van der Waals surface area contributed by atoms with Gasteiger partial charge in [0.2, 0.25) is 11.0 Å². The fourth-order valence-electron chi connectivity index (χ4n) is 7.97. The van der Waals surface area contributed by atoms with Crippen LogP contribution in [0.1, 0.15) is 24.0 Å². The lowest BCUT2D eigenvalue weighted by Crippen LogP contribution is -2.27. The number of nitriles is 1. The molecule has 0 saturated carbocycles. The van der Waals surface area contributed by atoms with Crippen molar-refractivity contribution in [3.05, 3.63) is 82.9 Å². The Hall–Kier alpha value is -6.92. The van der Waals surface area contributed by atoms with Crippen molar-refractivity contribution in [2.45, 2.75) is 34.5 Å². The molecule has 0 saturated heterocycles. The maximum absolute atomic E-state index is 13.3. The predicted octanol–water partition coefficient (Wildman–Crippen LogP) is 10.7. The first-order valence-corrected chi connectivity index (χ1v) is 32.0. The highest BCUT2D eigenvalue weighted by Crippen LogP contribution is 2.49. The Labute approximate surface area is 491 Å². The van der Waals surface area contributed by atoms with Gasteiger partial charge in [0, 0.05) is 53.3 Å². The summed E-state index contributed by atoms with van der Waals surface area (Å²) in [4.78, 5) is 8.47. The molecule has 8 N–H and O–H groups in total. The molecule has 0 unspecified atom stereocenters. The molecular formula is C44H40ClN11O21S7. The molecule has 0 amide bonds. The van der Waals surface area contributed by atoms with Crippen molar-refractivity contribution in [3.63, 3.8) is 0 Å². The molecule has 0 bridgehead atoms. The number of nitrogens with zero attached hydrogens (tertiary/aromatic N) is 11. The van der Waals surface area contributed by atoms with E-state index < -0.39 is 84.4 Å². The summed E-state index contributed by atoms with van der Waals surface area (Å²) >= 11 is 7.72. The number of azo groups is 3. The Morgan fingerprint density at radius 1 is 0.762 bits per heavy atom. The molecule has 0 fully saturated rings. The van der Waals surface area contributed by atoms with E-state index in [1.807, 2.05) is 6.07 Å². The van der Waals surface area contributed by atoms with Gasteiger partial charge in [-0.1, -0.05) is 45.1 Å². The summed E-state index contributed by atoms with van der Waals surface area (Å²) in [6.45, 7) is 1.41. The van der Waals surface area contributed by atoms with E-state index in [1.54, 1.807) is 29.2 Å². The summed E-state index contributed by atoms with van der Waals surface area (Å²) in [5, 5.41) is 83.1. The number of anilines is 1. The average molecular weight is 1320 g/mol. The number of aromatic nitrogens is 3. The normalized spacial score (nSPS) is 12.6. The lowest BCUT2D eigenvalue weighted by molar-refractivity contribution is -0.432. The molecule has 446 valence electrons. The molecule has 3 aromatic heterocycles. The van der Waals surface area contributed by atoms with E-state index in [4.69, 9.17) is 26.1 Å². The predicted molar refractivity (Wildman–Crippen MR) is 302 cm³/mol. The number of imidazole rings is 1. The van der Waals surface area contributed by atoms with Crippen molar-refractivity contribution in [2.24, 2.45) is 30.7 Å². The number of hydrogen-bond donors (Lipinski definition) is 8. The Morgan fingerprint density at radius 2 is 1.42 bits per heavy atom. The van der Waals surface area contributed by atoms with E-state index in [0.29, 0.717) is 29.3 Å². The minimum absolute atomic E-state index is 0.0138. The van der Waals surface area contributed by atoms with Gasteiger partial charge in [-0.25, -0.2) is 20.5 Å². The minimum Gasteiger partial charge on any atom is -0.505 e. The van der Waals surface area contributed by atoms with Crippen LogP contribution in [-0.4, -0.2) is 125 Å². The molecule has 0 aliphatic rings. The van der Waals surface area contributed by atoms with Crippen LogP contribution in [0.3, 0.4) is 0 Å². The summed E-state index contributed by atoms with van der Waals surface area (Å²) in [7, 11) is -17.0. The third kappa shape index (κ3) is 15.5. The monoisotopic (exact) mass is 1320 g/mol. The Bertz CT molecular complexity index is 4460. The van der Waals surface area contributed by atoms with Gasteiger partial charge in [0.05, 0.1) is 68.0 Å². The van der Waals surface area contributed by atoms with Gasteiger partial charge in [-0.3, -0.25) is 22.6 Å². The number of hydrogen-bond acceptors (Lipinski definition) is 30. The second-order valence-electron chi connectivity index (χ2n) is 16.8. The molecule has 0 atom stereocenters. The van der Waals surface area contributed by atoms with E-state index in [1.165, 1.54) is 48.8 Å². The van der Waals surface area contributed by atoms with Crippen LogP contribution in [0.4, 0.5) is 39.3 Å². The fraction of sp³-hybridized carbons (Fsp3) is 0.205. The maximum atomic E-state index is 13.3. The summed E-state index contributed by atoms with van der Waals surface area (Å²) in [5.74, 6) is -1.88. The van der Waals surface area contributed by atoms with E-state index in [9.17, 15) is 68.1 Å². The first-order chi connectivity index (χ1) is 39.6. The Balaban J connectivity index is 0.00000194. The number of halogens is 1. The third-order valence-electron chi connectivity index (χ3n) is 11.3. The topological polar surface area (TPSA) is 476 Å². The number of phenols is 1. The number of rotatable bonds is 23. The van der Waals surface area contributed by atoms with E-state index >= 15 is 0 Å². The lowest BCUT2D eigenvalue weighted by Gasteiger charge is -2.26. The average Bonchev–Trinajstić information content (AvgIpc) is 2.13. The highest BCUT2D eigenvalue weighted by atomic mass is 35.5. The number of aromatic hydroxyl groups is 2. The maximum Gasteiger partial charge on any atom is 0.297 e. The number of benzene rings is 5. The SMILES string of the molecule is COc1cc(N=Nc2c(SOOO)cc3c(S(=O)(=O)O)c(N=Nc4c(C)c(C#N)c5nc6ccccc6n5c4O)ccc3c2O)c(N(CCCSOOO)CCCS(=O)(=O)O)cc1N=Nc1nc2ccc(Cl)c(S(=O)(=O)O)c2s1.CS(=O)(=O)O. The van der Waals surface area contributed by atoms with Crippen LogP contribution in [-0.2, 0) is 59.2 Å². The summed E-state index contributed by atoms with van der Waals surface area (Å²) in [6, 6.07) is 17.3. The first kappa shape index (κ1) is 64.6. The van der Waals surface area contributed by atoms with Crippen LogP contribution in [0, 0.1) is 18.3 Å². The second-order valence-corrected chi connectivity index (χ2v) is 25.5. The number of ether oxygens (including phenoxy) is 1. The van der Waals surface area contributed by atoms with Crippen molar-refractivity contribution in [1.82, 2.24) is 14.4 Å². The van der Waals surface area contributed by atoms with Crippen molar-refractivity contribution >= 4 is 164 Å². The van der Waals surface area contributed by atoms with Crippen molar-refractivity contribution < 1.29 is 96.1 Å². The van der Waals surface area contributed by atoms with Gasteiger partial charge in [0.15, 0.2) is 17.1 Å². The van der Waals surface area contributed by atoms with Gasteiger partial charge in [-0.05, 0) is 68.3 Å². The molecule has 0 spiro atoms. The number of pyridine rings is 1. The van der Waals surface area contributed by atoms with E-state index in [-0.39, 0.29) is 120 Å². The standard InChI is InChI=1S/C43H36ClN11O18S6.CH4O3S/c1-21-24(20-45)41-46-26-7-3-4-8-31(26)55(41)42(57)35(21)51-48-28-11-9-22-23(39(28)78(63,64)65)17-34(76-73-71-59)36(37(22)56)52-49-29-19-33(69-2)30(18-32(29)54(13-5-15-74-72-70-58)14-6-16-77(60,61)62)50-53-43-47-27-12-10-25(44)40(38(27)75-43)79(66,67)68;1-5(2,3)4/h3-4,7-12,17-19,56-59H,5-6,13-16H2,1-2H3,(H,60,61,62)(H,63,64,65)(H,66,67,68);1H3,(H,2,3,4). The van der Waals surface area contributed by atoms with Gasteiger partial charge < -0.3 is 19.8 Å². The van der Waals surface area contributed by atoms with Crippen molar-refractivity contribution in [1.29, 1.82) is 5.26 Å². The van der Waals surface area contributed by atoms with Gasteiger partial charge in [-0.2, -0.15) is 38.9 Å². The second kappa shape index (κ2) is 27.0. The molecule has 8 rings (SSSR count). The van der Waals surface area contributed by atoms with Gasteiger partial charge in [-0.15, -0.1) is 39.4 Å². The fourth-order valence-corrected chi connectivity index (χ4v) is 12.6. The quantitative estimate of drug-likeness (QED) is 0.00736. The number of phenolic OH excluding ortho intramolecular Hbond substituents is 1. The van der Waals surface area contributed by atoms with Crippen LogP contribution in [0.2, 0.25) is 5.02 Å². The molecule has 0 aliphatic heterocycles. The minimum atomic E-state index is -5.31.